The van der Waals surface area contributed by atoms with Gasteiger partial charge in [0.2, 0.25) is 0 Å². The number of rotatable bonds is 6. The van der Waals surface area contributed by atoms with Crippen LogP contribution in [0.5, 0.6) is 5.75 Å². The van der Waals surface area contributed by atoms with E-state index in [4.69, 9.17) is 16.3 Å². The van der Waals surface area contributed by atoms with Crippen LogP contribution in [0, 0.1) is 0 Å². The van der Waals surface area contributed by atoms with Gasteiger partial charge < -0.3 is 15.4 Å². The maximum absolute atomic E-state index is 11.6. The highest BCUT2D eigenvalue weighted by atomic mass is 79.9. The molecule has 1 aromatic heterocycles. The molecule has 0 spiro atoms. The van der Waals surface area contributed by atoms with Gasteiger partial charge in [0.15, 0.2) is 0 Å². The fourth-order valence-electron chi connectivity index (χ4n) is 1.54. The molecule has 0 bridgehead atoms. The van der Waals surface area contributed by atoms with Crippen molar-refractivity contribution in [1.82, 2.24) is 10.6 Å². The van der Waals surface area contributed by atoms with Crippen LogP contribution in [0.4, 0.5) is 4.79 Å². The van der Waals surface area contributed by atoms with E-state index in [0.717, 1.165) is 15.1 Å². The van der Waals surface area contributed by atoms with Crippen molar-refractivity contribution >= 4 is 44.9 Å². The Hall–Kier alpha value is -1.24. The molecule has 2 rings (SSSR count). The number of ether oxygens (including phenoxy) is 1. The van der Waals surface area contributed by atoms with Crippen LogP contribution in [0.1, 0.15) is 4.88 Å². The molecule has 1 aromatic carbocycles. The van der Waals surface area contributed by atoms with Crippen LogP contribution in [-0.2, 0) is 6.54 Å². The molecule has 2 N–H and O–H groups in total. The first-order chi connectivity index (χ1) is 10.1. The highest BCUT2D eigenvalue weighted by Gasteiger charge is 2.02. The smallest absolute Gasteiger partial charge is 0.315 e. The minimum absolute atomic E-state index is 0.209. The van der Waals surface area contributed by atoms with Gasteiger partial charge in [-0.3, -0.25) is 0 Å². The predicted octanol–water partition coefficient (Wildman–Crippen LogP) is 4.04. The van der Waals surface area contributed by atoms with E-state index < -0.39 is 0 Å². The molecular weight excluding hydrogens is 376 g/mol. The number of thiophene rings is 1. The summed E-state index contributed by atoms with van der Waals surface area (Å²) in [5.41, 5.74) is 0. The third-order valence-corrected chi connectivity index (χ3v) is 4.46. The number of urea groups is 1. The van der Waals surface area contributed by atoms with Gasteiger partial charge in [0.1, 0.15) is 12.4 Å². The maximum atomic E-state index is 11.6. The average Bonchev–Trinajstić information content (AvgIpc) is 2.89. The molecule has 0 unspecified atom stereocenters. The van der Waals surface area contributed by atoms with E-state index in [1.54, 1.807) is 35.6 Å². The summed E-state index contributed by atoms with van der Waals surface area (Å²) in [7, 11) is 0. The van der Waals surface area contributed by atoms with Gasteiger partial charge in [-0.25, -0.2) is 4.79 Å². The Bertz CT molecular complexity index is 589. The minimum atomic E-state index is -0.209. The summed E-state index contributed by atoms with van der Waals surface area (Å²) in [6.07, 6.45) is 0. The highest BCUT2D eigenvalue weighted by Crippen LogP contribution is 2.19. The summed E-state index contributed by atoms with van der Waals surface area (Å²) in [5.74, 6) is 0.727. The molecule has 112 valence electrons. The zero-order chi connectivity index (χ0) is 15.1. The fourth-order valence-corrected chi connectivity index (χ4v) is 3.06. The quantitative estimate of drug-likeness (QED) is 0.733. The summed E-state index contributed by atoms with van der Waals surface area (Å²) >= 11 is 10.7. The van der Waals surface area contributed by atoms with Gasteiger partial charge in [-0.2, -0.15) is 0 Å². The number of nitrogens with one attached hydrogen (secondary N) is 2. The first-order valence-electron chi connectivity index (χ1n) is 6.26. The topological polar surface area (TPSA) is 50.4 Å². The second-order valence-electron chi connectivity index (χ2n) is 4.14. The predicted molar refractivity (Wildman–Crippen MR) is 89.2 cm³/mol. The van der Waals surface area contributed by atoms with E-state index in [9.17, 15) is 4.79 Å². The van der Waals surface area contributed by atoms with Crippen molar-refractivity contribution in [1.29, 1.82) is 0 Å². The zero-order valence-corrected chi connectivity index (χ0v) is 14.2. The van der Waals surface area contributed by atoms with Crippen LogP contribution in [0.3, 0.4) is 0 Å². The molecule has 0 aliphatic carbocycles. The van der Waals surface area contributed by atoms with Crippen molar-refractivity contribution in [3.63, 3.8) is 0 Å². The molecule has 0 saturated carbocycles. The highest BCUT2D eigenvalue weighted by molar-refractivity contribution is 9.10. The Kier molecular flexibility index (Phi) is 6.35. The summed E-state index contributed by atoms with van der Waals surface area (Å²) < 4.78 is 6.50. The molecule has 2 amide bonds. The summed E-state index contributed by atoms with van der Waals surface area (Å²) in [5, 5.41) is 8.17. The Balaban J connectivity index is 1.59. The molecular formula is C14H14BrClN2O2S. The van der Waals surface area contributed by atoms with Crippen molar-refractivity contribution in [2.45, 2.75) is 6.54 Å². The van der Waals surface area contributed by atoms with Crippen LogP contribution in [0.25, 0.3) is 0 Å². The molecule has 0 aliphatic heterocycles. The van der Waals surface area contributed by atoms with E-state index in [1.807, 2.05) is 11.4 Å². The zero-order valence-electron chi connectivity index (χ0n) is 11.1. The third-order valence-electron chi connectivity index (χ3n) is 2.51. The van der Waals surface area contributed by atoms with Crippen molar-refractivity contribution in [2.75, 3.05) is 13.2 Å². The minimum Gasteiger partial charge on any atom is -0.492 e. The number of hydrogen-bond donors (Lipinski definition) is 2. The molecule has 0 saturated heterocycles. The largest absolute Gasteiger partial charge is 0.492 e. The van der Waals surface area contributed by atoms with Gasteiger partial charge in [-0.05, 0) is 46.3 Å². The number of amides is 2. The van der Waals surface area contributed by atoms with E-state index in [-0.39, 0.29) is 6.03 Å². The number of hydrogen-bond acceptors (Lipinski definition) is 3. The second kappa shape index (κ2) is 8.26. The monoisotopic (exact) mass is 388 g/mol. The Morgan fingerprint density at radius 2 is 2.05 bits per heavy atom. The number of carbonyl (C=O) groups is 1. The van der Waals surface area contributed by atoms with Crippen molar-refractivity contribution in [3.05, 3.63) is 50.1 Å². The number of carbonyl (C=O) groups excluding carboxylic acids is 1. The van der Waals surface area contributed by atoms with Crippen molar-refractivity contribution in [2.24, 2.45) is 0 Å². The van der Waals surface area contributed by atoms with Crippen molar-refractivity contribution < 1.29 is 9.53 Å². The SMILES string of the molecule is O=C(NCCOc1ccc(Cl)cc1)NCc1cc(Br)cs1. The lowest BCUT2D eigenvalue weighted by molar-refractivity contribution is 0.236. The maximum Gasteiger partial charge on any atom is 0.315 e. The van der Waals surface area contributed by atoms with E-state index in [1.165, 1.54) is 0 Å². The van der Waals surface area contributed by atoms with Gasteiger partial charge in [-0.15, -0.1) is 11.3 Å². The molecule has 7 heteroatoms. The van der Waals surface area contributed by atoms with E-state index in [0.29, 0.717) is 24.7 Å². The van der Waals surface area contributed by atoms with E-state index >= 15 is 0 Å². The van der Waals surface area contributed by atoms with Crippen LogP contribution in [0.2, 0.25) is 5.02 Å². The Morgan fingerprint density at radius 3 is 2.71 bits per heavy atom. The van der Waals surface area contributed by atoms with Crippen LogP contribution in [-0.4, -0.2) is 19.2 Å². The summed E-state index contributed by atoms with van der Waals surface area (Å²) in [6, 6.07) is 8.87. The molecule has 21 heavy (non-hydrogen) atoms. The van der Waals surface area contributed by atoms with Crippen LogP contribution >= 0.6 is 38.9 Å². The molecule has 2 aromatic rings. The Morgan fingerprint density at radius 1 is 1.29 bits per heavy atom. The molecule has 4 nitrogen and oxygen atoms in total. The lowest BCUT2D eigenvalue weighted by atomic mass is 10.3. The Labute approximate surface area is 140 Å². The molecule has 0 fully saturated rings. The summed E-state index contributed by atoms with van der Waals surface area (Å²) in [6.45, 7) is 1.35. The molecule has 1 heterocycles. The van der Waals surface area contributed by atoms with Crippen LogP contribution in [0.15, 0.2) is 40.2 Å². The van der Waals surface area contributed by atoms with Gasteiger partial charge in [0.25, 0.3) is 0 Å². The third kappa shape index (κ3) is 5.95. The standard InChI is InChI=1S/C14H14BrClN2O2S/c15-10-7-13(21-9-10)8-18-14(19)17-5-6-20-12-3-1-11(16)2-4-12/h1-4,7,9H,5-6,8H2,(H2,17,18,19). The van der Waals surface area contributed by atoms with Gasteiger partial charge in [0, 0.05) is 19.8 Å². The molecule has 0 radical (unpaired) electrons. The van der Waals surface area contributed by atoms with Crippen molar-refractivity contribution in [3.8, 4) is 5.75 Å². The lowest BCUT2D eigenvalue weighted by Crippen LogP contribution is -2.37. The number of benzene rings is 1. The molecule has 0 atom stereocenters. The lowest BCUT2D eigenvalue weighted by Gasteiger charge is -2.08. The normalized spacial score (nSPS) is 10.2. The van der Waals surface area contributed by atoms with Gasteiger partial charge >= 0.3 is 6.03 Å². The van der Waals surface area contributed by atoms with E-state index in [2.05, 4.69) is 26.6 Å². The first-order valence-corrected chi connectivity index (χ1v) is 8.31. The van der Waals surface area contributed by atoms with Gasteiger partial charge in [0.05, 0.1) is 13.1 Å². The second-order valence-corrected chi connectivity index (χ2v) is 6.49. The van der Waals surface area contributed by atoms with Crippen LogP contribution < -0.4 is 15.4 Å². The fraction of sp³-hybridized carbons (Fsp3) is 0.214. The summed E-state index contributed by atoms with van der Waals surface area (Å²) in [4.78, 5) is 12.7. The average molecular weight is 390 g/mol. The molecule has 0 aliphatic rings. The van der Waals surface area contributed by atoms with Gasteiger partial charge in [-0.1, -0.05) is 11.6 Å². The number of halogens is 2. The first kappa shape index (κ1) is 16.1.